The Morgan fingerprint density at radius 3 is 2.60 bits per heavy atom. The minimum Gasteiger partial charge on any atom is -0.507 e. The number of amides is 2. The average molecular weight is 700 g/mol. The van der Waals surface area contributed by atoms with Crippen molar-refractivity contribution in [1.29, 1.82) is 0 Å². The quantitative estimate of drug-likeness (QED) is 0.138. The minimum atomic E-state index is -1.75. The van der Waals surface area contributed by atoms with E-state index in [-0.39, 0.29) is 41.6 Å². The topological polar surface area (TPSA) is 137 Å². The van der Waals surface area contributed by atoms with E-state index in [9.17, 15) is 29.8 Å². The summed E-state index contributed by atoms with van der Waals surface area (Å²) in [5.41, 5.74) is 4.01. The number of anilines is 1. The maximum atomic E-state index is 14.1. The fraction of sp³-hybridized carbons (Fsp3) is 0.314. The SMILES string of the molecule is CC/C(=C\c1cc(Br)ccc1O)CC[C@H]1OB(O)C[C@H]2C1=C(COc1ccccc1)C[C@H]1C(=O)N(c3cccc(B(O)O)c3)C(=O)[C@H]12. The normalized spacial score (nSPS) is 22.8. The van der Waals surface area contributed by atoms with Crippen LogP contribution in [-0.4, -0.2) is 58.9 Å². The van der Waals surface area contributed by atoms with E-state index in [4.69, 9.17) is 9.39 Å². The van der Waals surface area contributed by atoms with Crippen LogP contribution in [0.5, 0.6) is 11.5 Å². The summed E-state index contributed by atoms with van der Waals surface area (Å²) >= 11 is 3.47. The number of allylic oxidation sites excluding steroid dienone is 1. The van der Waals surface area contributed by atoms with Crippen LogP contribution in [0.1, 0.15) is 38.2 Å². The Bertz CT molecular complexity index is 1710. The van der Waals surface area contributed by atoms with E-state index in [0.717, 1.165) is 32.5 Å². The van der Waals surface area contributed by atoms with E-state index in [1.165, 1.54) is 12.1 Å². The average Bonchev–Trinajstić information content (AvgIpc) is 3.32. The zero-order valence-corrected chi connectivity index (χ0v) is 27.5. The van der Waals surface area contributed by atoms with E-state index in [2.05, 4.69) is 15.9 Å². The second-order valence-electron chi connectivity index (χ2n) is 12.3. The Kier molecular flexibility index (Phi) is 10.1. The molecule has 2 fully saturated rings. The molecule has 2 saturated heterocycles. The number of benzene rings is 3. The lowest BCUT2D eigenvalue weighted by Crippen LogP contribution is -2.46. The van der Waals surface area contributed by atoms with Gasteiger partial charge in [0.25, 0.3) is 0 Å². The number of para-hydroxylation sites is 1. The van der Waals surface area contributed by atoms with Crippen molar-refractivity contribution in [2.75, 3.05) is 11.5 Å². The third-order valence-electron chi connectivity index (χ3n) is 9.42. The molecule has 4 atom stereocenters. The molecule has 2 heterocycles. The van der Waals surface area contributed by atoms with Crippen LogP contribution >= 0.6 is 15.9 Å². The van der Waals surface area contributed by atoms with Gasteiger partial charge in [0.1, 0.15) is 18.1 Å². The molecule has 9 nitrogen and oxygen atoms in total. The molecule has 242 valence electrons. The number of hydrogen-bond donors (Lipinski definition) is 4. The lowest BCUT2D eigenvalue weighted by atomic mass is 9.58. The molecule has 2 amide bonds. The van der Waals surface area contributed by atoms with Gasteiger partial charge in [0.2, 0.25) is 11.8 Å². The molecule has 0 spiro atoms. The number of carbonyl (C=O) groups excluding carboxylic acids is 2. The van der Waals surface area contributed by atoms with Gasteiger partial charge in [-0.25, -0.2) is 0 Å². The fourth-order valence-corrected chi connectivity index (χ4v) is 7.57. The van der Waals surface area contributed by atoms with Crippen molar-refractivity contribution in [3.63, 3.8) is 0 Å². The van der Waals surface area contributed by atoms with E-state index in [1.54, 1.807) is 24.3 Å². The Labute approximate surface area is 282 Å². The number of aromatic hydroxyl groups is 1. The number of carbonyl (C=O) groups is 2. The van der Waals surface area contributed by atoms with Crippen LogP contribution in [0.4, 0.5) is 5.69 Å². The summed E-state index contributed by atoms with van der Waals surface area (Å²) in [7, 11) is -2.88. The Hall–Kier alpha value is -3.67. The zero-order valence-electron chi connectivity index (χ0n) is 26.0. The molecule has 4 N–H and O–H groups in total. The van der Waals surface area contributed by atoms with E-state index >= 15 is 0 Å². The van der Waals surface area contributed by atoms with Gasteiger partial charge in [-0.1, -0.05) is 64.8 Å². The summed E-state index contributed by atoms with van der Waals surface area (Å²) in [6.07, 6.45) is 3.78. The zero-order chi connectivity index (χ0) is 33.2. The summed E-state index contributed by atoms with van der Waals surface area (Å²) in [6, 6.07) is 20.8. The van der Waals surface area contributed by atoms with Crippen molar-refractivity contribution in [2.24, 2.45) is 17.8 Å². The van der Waals surface area contributed by atoms with Gasteiger partial charge in [0.05, 0.1) is 23.6 Å². The number of phenols is 1. The fourth-order valence-electron chi connectivity index (χ4n) is 7.19. The highest BCUT2D eigenvalue weighted by Crippen LogP contribution is 2.51. The van der Waals surface area contributed by atoms with Gasteiger partial charge in [-0.15, -0.1) is 0 Å². The van der Waals surface area contributed by atoms with Gasteiger partial charge in [0, 0.05) is 10.0 Å². The Balaban J connectivity index is 1.34. The van der Waals surface area contributed by atoms with Gasteiger partial charge in [-0.05, 0) is 97.0 Å². The second kappa shape index (κ2) is 14.2. The van der Waals surface area contributed by atoms with Crippen molar-refractivity contribution >= 4 is 59.2 Å². The minimum absolute atomic E-state index is 0.159. The van der Waals surface area contributed by atoms with Crippen LogP contribution in [0.15, 0.2) is 94.0 Å². The standard InChI is InChI=1S/C35H36B2BrNO8/c1-2-21(15-22-16-25(38)12-13-30(22)40)11-14-31-32-23(20-46-27-9-4-3-5-10-27)17-28-33(29(32)19-36(43)47-31)35(42)39(34(28)41)26-8-6-7-24(18-26)37(44)45/h3-10,12-13,15-16,18,28-29,31,33,40,43-45H,2,11,14,17,19-20H2,1H3/b21-15+/t28-,29+,31-,33-/m1/s1. The molecule has 0 aromatic heterocycles. The molecule has 1 aliphatic carbocycles. The molecule has 47 heavy (non-hydrogen) atoms. The van der Waals surface area contributed by atoms with Gasteiger partial charge < -0.3 is 29.6 Å². The summed E-state index contributed by atoms with van der Waals surface area (Å²) < 4.78 is 13.2. The smallest absolute Gasteiger partial charge is 0.488 e. The molecule has 3 aromatic carbocycles. The number of fused-ring (bicyclic) bond motifs is 3. The highest BCUT2D eigenvalue weighted by Gasteiger charge is 2.57. The first-order chi connectivity index (χ1) is 22.6. The summed E-state index contributed by atoms with van der Waals surface area (Å²) in [4.78, 5) is 29.2. The number of imide groups is 1. The summed E-state index contributed by atoms with van der Waals surface area (Å²) in [5.74, 6) is -1.70. The van der Waals surface area contributed by atoms with Crippen LogP contribution in [0.25, 0.3) is 6.08 Å². The predicted octanol–water partition coefficient (Wildman–Crippen LogP) is 4.49. The number of halogens is 1. The molecule has 3 aromatic rings. The summed E-state index contributed by atoms with van der Waals surface area (Å²) in [5, 5.41) is 40.9. The molecule has 0 radical (unpaired) electrons. The molecule has 3 aliphatic rings. The van der Waals surface area contributed by atoms with Crippen molar-refractivity contribution < 1.29 is 39.2 Å². The third-order valence-corrected chi connectivity index (χ3v) is 9.91. The number of hydrogen-bond acceptors (Lipinski definition) is 8. The molecular formula is C35H36B2BrNO8. The molecular weight excluding hydrogens is 664 g/mol. The second-order valence-corrected chi connectivity index (χ2v) is 13.2. The van der Waals surface area contributed by atoms with Crippen LogP contribution < -0.4 is 15.1 Å². The van der Waals surface area contributed by atoms with Gasteiger partial charge in [-0.3, -0.25) is 14.5 Å². The highest BCUT2D eigenvalue weighted by atomic mass is 79.9. The maximum Gasteiger partial charge on any atom is 0.488 e. The first kappa shape index (κ1) is 33.2. The van der Waals surface area contributed by atoms with Crippen LogP contribution in [0.3, 0.4) is 0 Å². The lowest BCUT2D eigenvalue weighted by Gasteiger charge is -2.43. The first-order valence-electron chi connectivity index (χ1n) is 15.9. The monoisotopic (exact) mass is 699 g/mol. The lowest BCUT2D eigenvalue weighted by molar-refractivity contribution is -0.122. The van der Waals surface area contributed by atoms with Gasteiger partial charge >= 0.3 is 14.2 Å². The largest absolute Gasteiger partial charge is 0.507 e. The van der Waals surface area contributed by atoms with Crippen LogP contribution in [0.2, 0.25) is 6.32 Å². The number of nitrogens with zero attached hydrogens (tertiary/aromatic N) is 1. The number of rotatable bonds is 10. The van der Waals surface area contributed by atoms with E-state index in [0.29, 0.717) is 30.6 Å². The summed E-state index contributed by atoms with van der Waals surface area (Å²) in [6.45, 7) is 2.25. The van der Waals surface area contributed by atoms with Gasteiger partial charge in [-0.2, -0.15) is 0 Å². The molecule has 6 rings (SSSR count). The molecule has 0 bridgehead atoms. The molecule has 0 saturated carbocycles. The first-order valence-corrected chi connectivity index (χ1v) is 16.7. The highest BCUT2D eigenvalue weighted by molar-refractivity contribution is 9.10. The Morgan fingerprint density at radius 1 is 1.06 bits per heavy atom. The third kappa shape index (κ3) is 6.98. The van der Waals surface area contributed by atoms with Crippen molar-refractivity contribution in [3.05, 3.63) is 99.6 Å². The Morgan fingerprint density at radius 2 is 1.85 bits per heavy atom. The predicted molar refractivity (Wildman–Crippen MR) is 184 cm³/mol. The van der Waals surface area contributed by atoms with Crippen LogP contribution in [0, 0.1) is 17.8 Å². The van der Waals surface area contributed by atoms with Crippen LogP contribution in [-0.2, 0) is 14.2 Å². The molecule has 0 unspecified atom stereocenters. The van der Waals surface area contributed by atoms with Crippen molar-refractivity contribution in [1.82, 2.24) is 0 Å². The number of ether oxygens (including phenoxy) is 1. The van der Waals surface area contributed by atoms with E-state index < -0.39 is 38.1 Å². The molecule has 2 aliphatic heterocycles. The molecule has 12 heteroatoms. The van der Waals surface area contributed by atoms with Gasteiger partial charge in [0.15, 0.2) is 0 Å². The maximum absolute atomic E-state index is 14.1. The number of phenolic OH excluding ortho intramolecular Hbond substituents is 1. The van der Waals surface area contributed by atoms with E-state index in [1.807, 2.05) is 49.4 Å². The van der Waals surface area contributed by atoms with Crippen molar-refractivity contribution in [2.45, 2.75) is 45.0 Å². The van der Waals surface area contributed by atoms with Crippen molar-refractivity contribution in [3.8, 4) is 11.5 Å².